The largest absolute Gasteiger partial charge is 0.493 e. The maximum Gasteiger partial charge on any atom is 0.294 e. The van der Waals surface area contributed by atoms with Crippen molar-refractivity contribution in [3.8, 4) is 28.5 Å². The molecule has 2 aromatic carbocycles. The van der Waals surface area contributed by atoms with Crippen LogP contribution in [0.25, 0.3) is 11.3 Å². The number of aromatic nitrogens is 1. The van der Waals surface area contributed by atoms with Crippen LogP contribution in [0.2, 0.25) is 0 Å². The van der Waals surface area contributed by atoms with Crippen molar-refractivity contribution in [3.63, 3.8) is 0 Å². The molecule has 1 heterocycles. The van der Waals surface area contributed by atoms with Gasteiger partial charge in [0.25, 0.3) is 5.69 Å². The van der Waals surface area contributed by atoms with Crippen LogP contribution in [-0.4, -0.2) is 44.5 Å². The highest BCUT2D eigenvalue weighted by atomic mass is 32.1. The summed E-state index contributed by atoms with van der Waals surface area (Å²) in [7, 11) is 6.28. The Morgan fingerprint density at radius 1 is 1.06 bits per heavy atom. The number of nitro groups is 1. The van der Waals surface area contributed by atoms with E-state index in [1.165, 1.54) is 17.4 Å². The summed E-state index contributed by atoms with van der Waals surface area (Å²) in [5, 5.41) is 13.3. The molecule has 0 aliphatic carbocycles. The summed E-state index contributed by atoms with van der Waals surface area (Å²) in [6.45, 7) is 0.948. The summed E-state index contributed by atoms with van der Waals surface area (Å²) in [5.41, 5.74) is 1.91. The minimum absolute atomic E-state index is 0.0523. The molecule has 0 radical (unpaired) electrons. The molecule has 0 aliphatic rings. The van der Waals surface area contributed by atoms with Crippen LogP contribution < -0.4 is 19.0 Å². The zero-order valence-corrected chi connectivity index (χ0v) is 18.5. The number of para-hydroxylation sites is 2. The molecule has 0 atom stereocenters. The molecule has 0 saturated carbocycles. The van der Waals surface area contributed by atoms with Crippen molar-refractivity contribution in [2.75, 3.05) is 35.0 Å². The van der Waals surface area contributed by atoms with Gasteiger partial charge in [-0.1, -0.05) is 12.1 Å². The van der Waals surface area contributed by atoms with Gasteiger partial charge in [0.2, 0.25) is 5.75 Å². The maximum absolute atomic E-state index is 11.4. The van der Waals surface area contributed by atoms with E-state index < -0.39 is 4.92 Å². The predicted octanol–water partition coefficient (Wildman–Crippen LogP) is 4.03. The fraction of sp³-hybridized carbons (Fsp3) is 0.286. The molecule has 3 rings (SSSR count). The van der Waals surface area contributed by atoms with Gasteiger partial charge in [-0.15, -0.1) is 11.3 Å². The van der Waals surface area contributed by atoms with E-state index in [9.17, 15) is 10.1 Å². The van der Waals surface area contributed by atoms with Gasteiger partial charge >= 0.3 is 0 Å². The van der Waals surface area contributed by atoms with Crippen LogP contribution in [-0.2, 0) is 11.3 Å². The summed E-state index contributed by atoms with van der Waals surface area (Å²) >= 11 is 1.38. The Labute approximate surface area is 183 Å². The van der Waals surface area contributed by atoms with Crippen molar-refractivity contribution in [2.24, 2.45) is 4.99 Å². The molecular formula is C21H23N3O6S. The highest BCUT2D eigenvalue weighted by molar-refractivity contribution is 7.07. The first-order valence-corrected chi connectivity index (χ1v) is 10.2. The Morgan fingerprint density at radius 3 is 2.32 bits per heavy atom. The quantitative estimate of drug-likeness (QED) is 0.364. The van der Waals surface area contributed by atoms with Crippen LogP contribution in [0.15, 0.2) is 46.8 Å². The van der Waals surface area contributed by atoms with Crippen molar-refractivity contribution in [2.45, 2.75) is 6.54 Å². The minimum Gasteiger partial charge on any atom is -0.493 e. The second-order valence-electron chi connectivity index (χ2n) is 6.32. The lowest BCUT2D eigenvalue weighted by Gasteiger charge is -2.15. The van der Waals surface area contributed by atoms with Crippen molar-refractivity contribution < 1.29 is 23.9 Å². The van der Waals surface area contributed by atoms with Gasteiger partial charge < -0.3 is 23.5 Å². The molecule has 0 amide bonds. The van der Waals surface area contributed by atoms with Crippen LogP contribution in [0, 0.1) is 10.1 Å². The number of rotatable bonds is 9. The number of hydrogen-bond acceptors (Lipinski definition) is 8. The van der Waals surface area contributed by atoms with E-state index in [0.29, 0.717) is 35.2 Å². The summed E-state index contributed by atoms with van der Waals surface area (Å²) < 4.78 is 23.6. The lowest BCUT2D eigenvalue weighted by molar-refractivity contribution is -0.384. The standard InChI is InChI=1S/C21H23N3O6S/c1-27-10-9-23-17(14-11-18(28-2)20(30-4)19(12-14)29-3)13-31-21(23)22-15-7-5-6-8-16(15)24(25)26/h5-8,11-13H,9-10H2,1-4H3. The van der Waals surface area contributed by atoms with Gasteiger partial charge in [0, 0.05) is 30.7 Å². The van der Waals surface area contributed by atoms with E-state index in [0.717, 1.165) is 11.3 Å². The van der Waals surface area contributed by atoms with Gasteiger partial charge in [-0.2, -0.15) is 0 Å². The topological polar surface area (TPSA) is 97.4 Å². The minimum atomic E-state index is -0.438. The molecule has 0 aliphatic heterocycles. The van der Waals surface area contributed by atoms with E-state index in [2.05, 4.69) is 4.99 Å². The van der Waals surface area contributed by atoms with Crippen molar-refractivity contribution in [3.05, 3.63) is 56.7 Å². The van der Waals surface area contributed by atoms with Crippen molar-refractivity contribution >= 4 is 22.7 Å². The predicted molar refractivity (Wildman–Crippen MR) is 118 cm³/mol. The number of methoxy groups -OCH3 is 4. The molecule has 0 spiro atoms. The Bertz CT molecular complexity index is 1110. The number of hydrogen-bond donors (Lipinski definition) is 0. The fourth-order valence-corrected chi connectivity index (χ4v) is 4.04. The Balaban J connectivity index is 2.21. The molecule has 1 aromatic heterocycles. The molecule has 0 fully saturated rings. The average molecular weight is 445 g/mol. The lowest BCUT2D eigenvalue weighted by Crippen LogP contribution is -2.18. The van der Waals surface area contributed by atoms with Gasteiger partial charge in [-0.05, 0) is 18.2 Å². The van der Waals surface area contributed by atoms with Gasteiger partial charge in [0.05, 0.1) is 38.6 Å². The Kier molecular flexibility index (Phi) is 7.27. The molecule has 31 heavy (non-hydrogen) atoms. The summed E-state index contributed by atoms with van der Waals surface area (Å²) in [6.07, 6.45) is 0. The van der Waals surface area contributed by atoms with Gasteiger partial charge in [-0.25, -0.2) is 4.99 Å². The average Bonchev–Trinajstić information content (AvgIpc) is 3.18. The number of benzene rings is 2. The highest BCUT2D eigenvalue weighted by Gasteiger charge is 2.18. The van der Waals surface area contributed by atoms with Crippen molar-refractivity contribution in [1.29, 1.82) is 0 Å². The van der Waals surface area contributed by atoms with E-state index in [1.807, 2.05) is 22.1 Å². The normalized spacial score (nSPS) is 11.4. The summed E-state index contributed by atoms with van der Waals surface area (Å²) in [6, 6.07) is 10.1. The van der Waals surface area contributed by atoms with Crippen molar-refractivity contribution in [1.82, 2.24) is 4.57 Å². The van der Waals surface area contributed by atoms with Gasteiger partial charge in [0.15, 0.2) is 16.3 Å². The molecule has 3 aromatic rings. The van der Waals surface area contributed by atoms with E-state index in [4.69, 9.17) is 18.9 Å². The zero-order valence-electron chi connectivity index (χ0n) is 17.7. The maximum atomic E-state index is 11.4. The number of nitro benzene ring substituents is 1. The van der Waals surface area contributed by atoms with Crippen LogP contribution in [0.3, 0.4) is 0 Å². The Morgan fingerprint density at radius 2 is 1.74 bits per heavy atom. The van der Waals surface area contributed by atoms with Gasteiger partial charge in [-0.3, -0.25) is 10.1 Å². The first-order chi connectivity index (χ1) is 15.0. The molecule has 164 valence electrons. The van der Waals surface area contributed by atoms with Crippen LogP contribution in [0.5, 0.6) is 17.2 Å². The molecule has 0 saturated heterocycles. The van der Waals surface area contributed by atoms with E-state index in [1.54, 1.807) is 46.6 Å². The highest BCUT2D eigenvalue weighted by Crippen LogP contribution is 2.41. The summed E-state index contributed by atoms with van der Waals surface area (Å²) in [4.78, 5) is 16.1. The molecular weight excluding hydrogens is 422 g/mol. The van der Waals surface area contributed by atoms with E-state index >= 15 is 0 Å². The fourth-order valence-electron chi connectivity index (χ4n) is 3.09. The molecule has 10 heteroatoms. The molecule has 9 nitrogen and oxygen atoms in total. The summed E-state index contributed by atoms with van der Waals surface area (Å²) in [5.74, 6) is 1.55. The molecule has 0 N–H and O–H groups in total. The third kappa shape index (κ3) is 4.70. The molecule has 0 unspecified atom stereocenters. The van der Waals surface area contributed by atoms with Gasteiger partial charge in [0.1, 0.15) is 5.69 Å². The number of ether oxygens (including phenoxy) is 4. The zero-order chi connectivity index (χ0) is 22.4. The van der Waals surface area contributed by atoms with E-state index in [-0.39, 0.29) is 11.4 Å². The van der Waals surface area contributed by atoms with Crippen LogP contribution in [0.1, 0.15) is 0 Å². The molecule has 0 bridgehead atoms. The lowest BCUT2D eigenvalue weighted by atomic mass is 10.1. The third-order valence-corrected chi connectivity index (χ3v) is 5.44. The smallest absolute Gasteiger partial charge is 0.294 e. The SMILES string of the molecule is COCCn1c(-c2cc(OC)c(OC)c(OC)c2)csc1=Nc1ccccc1[N+](=O)[O-]. The number of nitrogens with zero attached hydrogens (tertiary/aromatic N) is 3. The second-order valence-corrected chi connectivity index (χ2v) is 7.16. The third-order valence-electron chi connectivity index (χ3n) is 4.57. The first-order valence-electron chi connectivity index (χ1n) is 9.29. The first kappa shape index (κ1) is 22.3. The number of thiazole rings is 1. The Hall–Kier alpha value is -3.37. The van der Waals surface area contributed by atoms with Crippen LogP contribution in [0.4, 0.5) is 11.4 Å². The second kappa shape index (κ2) is 10.1. The monoisotopic (exact) mass is 445 g/mol. The van der Waals surface area contributed by atoms with Crippen LogP contribution >= 0.6 is 11.3 Å².